The highest BCUT2D eigenvalue weighted by molar-refractivity contribution is 5.81. The lowest BCUT2D eigenvalue weighted by molar-refractivity contribution is -0.118. The Labute approximate surface area is 175 Å². The van der Waals surface area contributed by atoms with Crippen molar-refractivity contribution in [3.8, 4) is 11.5 Å². The number of hydrogen-bond acceptors (Lipinski definition) is 5. The van der Waals surface area contributed by atoms with Gasteiger partial charge in [0.15, 0.2) is 0 Å². The third-order valence-electron chi connectivity index (χ3n) is 4.96. The maximum Gasteiger partial charge on any atom is 0.208 e. The molecule has 0 aliphatic rings. The molecule has 0 aliphatic heterocycles. The van der Waals surface area contributed by atoms with Gasteiger partial charge >= 0.3 is 0 Å². The highest BCUT2D eigenvalue weighted by atomic mass is 16.5. The number of aryl methyl sites for hydroxylation is 2. The zero-order valence-corrected chi connectivity index (χ0v) is 17.3. The molecule has 0 saturated heterocycles. The van der Waals surface area contributed by atoms with Crippen LogP contribution < -0.4 is 10.1 Å². The number of anilines is 2. The number of carbonyl (C=O) groups is 1. The number of carbonyl (C=O) groups excluding carboxylic acids is 1. The van der Waals surface area contributed by atoms with Gasteiger partial charge in [0, 0.05) is 43.9 Å². The molecule has 0 radical (unpaired) electrons. The van der Waals surface area contributed by atoms with Crippen molar-refractivity contribution in [2.75, 3.05) is 5.32 Å². The fourth-order valence-electron chi connectivity index (χ4n) is 3.20. The topological polar surface area (TPSA) is 69.0 Å². The molecule has 4 rings (SSSR count). The summed E-state index contributed by atoms with van der Waals surface area (Å²) in [5, 5.41) is 3.36. The van der Waals surface area contributed by atoms with Gasteiger partial charge in [0.25, 0.3) is 0 Å². The third kappa shape index (κ3) is 4.33. The van der Waals surface area contributed by atoms with Crippen molar-refractivity contribution < 1.29 is 9.53 Å². The maximum absolute atomic E-state index is 11.7. The van der Waals surface area contributed by atoms with Crippen molar-refractivity contribution in [3.63, 3.8) is 0 Å². The molecule has 4 aromatic rings. The van der Waals surface area contributed by atoms with Crippen LogP contribution in [0.3, 0.4) is 0 Å². The summed E-state index contributed by atoms with van der Waals surface area (Å²) in [5.74, 6) is 2.25. The standard InChI is InChI=1S/C24H24N4O2/c1-4-19(29)13-18-14-21(11-12-25-18)30-20-9-10-23-22(15-20)27-24(28(23)3)26-17-7-5-16(2)6-8-17/h5-12,14-15H,4,13H2,1-3H3,(H,26,27). The van der Waals surface area contributed by atoms with Gasteiger partial charge in [-0.05, 0) is 37.3 Å². The monoisotopic (exact) mass is 400 g/mol. The Kier molecular flexibility index (Phi) is 5.48. The Bertz CT molecular complexity index is 1200. The molecule has 152 valence electrons. The molecule has 1 N–H and O–H groups in total. The van der Waals surface area contributed by atoms with E-state index in [2.05, 4.69) is 29.4 Å². The van der Waals surface area contributed by atoms with Gasteiger partial charge in [0.05, 0.1) is 16.7 Å². The number of fused-ring (bicyclic) bond motifs is 1. The number of ketones is 1. The Balaban J connectivity index is 1.56. The first-order chi connectivity index (χ1) is 14.5. The summed E-state index contributed by atoms with van der Waals surface area (Å²) in [5.41, 5.74) is 4.75. The summed E-state index contributed by atoms with van der Waals surface area (Å²) in [4.78, 5) is 20.7. The number of nitrogens with one attached hydrogen (secondary N) is 1. The summed E-state index contributed by atoms with van der Waals surface area (Å²) >= 11 is 0. The van der Waals surface area contributed by atoms with E-state index < -0.39 is 0 Å². The lowest BCUT2D eigenvalue weighted by Crippen LogP contribution is -2.02. The number of pyridine rings is 1. The molecule has 2 aromatic heterocycles. The zero-order valence-electron chi connectivity index (χ0n) is 17.3. The van der Waals surface area contributed by atoms with Crippen molar-refractivity contribution >= 4 is 28.5 Å². The molecule has 2 aromatic carbocycles. The molecule has 6 heteroatoms. The van der Waals surface area contributed by atoms with Crippen LogP contribution in [0.4, 0.5) is 11.6 Å². The molecule has 0 fully saturated rings. The Morgan fingerprint density at radius 3 is 2.60 bits per heavy atom. The Morgan fingerprint density at radius 1 is 1.07 bits per heavy atom. The molecule has 0 unspecified atom stereocenters. The van der Waals surface area contributed by atoms with E-state index in [0.29, 0.717) is 30.0 Å². The minimum Gasteiger partial charge on any atom is -0.457 e. The molecule has 0 amide bonds. The van der Waals surface area contributed by atoms with E-state index in [1.807, 2.05) is 48.9 Å². The highest BCUT2D eigenvalue weighted by Gasteiger charge is 2.10. The van der Waals surface area contributed by atoms with Crippen molar-refractivity contribution in [1.29, 1.82) is 0 Å². The van der Waals surface area contributed by atoms with Crippen LogP contribution in [0, 0.1) is 6.92 Å². The van der Waals surface area contributed by atoms with Gasteiger partial charge < -0.3 is 14.6 Å². The number of aromatic nitrogens is 3. The van der Waals surface area contributed by atoms with E-state index in [-0.39, 0.29) is 5.78 Å². The number of benzene rings is 2. The second kappa shape index (κ2) is 8.37. The average Bonchev–Trinajstić information content (AvgIpc) is 3.04. The van der Waals surface area contributed by atoms with Crippen molar-refractivity contribution in [1.82, 2.24) is 14.5 Å². The van der Waals surface area contributed by atoms with Crippen LogP contribution in [0.25, 0.3) is 11.0 Å². The lowest BCUT2D eigenvalue weighted by Gasteiger charge is -2.07. The number of ether oxygens (including phenoxy) is 1. The van der Waals surface area contributed by atoms with Gasteiger partial charge in [-0.2, -0.15) is 0 Å². The fraction of sp³-hybridized carbons (Fsp3) is 0.208. The van der Waals surface area contributed by atoms with Crippen LogP contribution in [0.15, 0.2) is 60.8 Å². The second-order valence-electron chi connectivity index (χ2n) is 7.29. The predicted molar refractivity (Wildman–Crippen MR) is 118 cm³/mol. The predicted octanol–water partition coefficient (Wildman–Crippen LogP) is 5.33. The van der Waals surface area contributed by atoms with Gasteiger partial charge in [0.2, 0.25) is 5.95 Å². The van der Waals surface area contributed by atoms with E-state index in [1.54, 1.807) is 18.3 Å². The van der Waals surface area contributed by atoms with E-state index in [1.165, 1.54) is 5.56 Å². The number of nitrogens with zero attached hydrogens (tertiary/aromatic N) is 3. The maximum atomic E-state index is 11.7. The molecule has 2 heterocycles. The average molecular weight is 400 g/mol. The van der Waals surface area contributed by atoms with Crippen molar-refractivity contribution in [2.24, 2.45) is 7.05 Å². The van der Waals surface area contributed by atoms with Crippen LogP contribution in [0.2, 0.25) is 0 Å². The lowest BCUT2D eigenvalue weighted by atomic mass is 10.1. The van der Waals surface area contributed by atoms with E-state index in [4.69, 9.17) is 9.72 Å². The van der Waals surface area contributed by atoms with E-state index in [0.717, 1.165) is 22.7 Å². The molecular formula is C24H24N4O2. The van der Waals surface area contributed by atoms with Gasteiger partial charge in [0.1, 0.15) is 17.3 Å². The number of imidazole rings is 1. The SMILES string of the molecule is CCC(=O)Cc1cc(Oc2ccc3c(c2)nc(Nc2ccc(C)cc2)n3C)ccn1. The van der Waals surface area contributed by atoms with Crippen LogP contribution in [0.5, 0.6) is 11.5 Å². The summed E-state index contributed by atoms with van der Waals surface area (Å²) in [6.45, 7) is 3.92. The highest BCUT2D eigenvalue weighted by Crippen LogP contribution is 2.28. The van der Waals surface area contributed by atoms with Crippen LogP contribution in [0.1, 0.15) is 24.6 Å². The molecule has 0 spiro atoms. The van der Waals surface area contributed by atoms with Crippen LogP contribution >= 0.6 is 0 Å². The minimum atomic E-state index is 0.156. The van der Waals surface area contributed by atoms with Crippen LogP contribution in [-0.2, 0) is 18.3 Å². The summed E-state index contributed by atoms with van der Waals surface area (Å²) in [7, 11) is 1.98. The molecule has 30 heavy (non-hydrogen) atoms. The first kappa shape index (κ1) is 19.6. The smallest absolute Gasteiger partial charge is 0.208 e. The molecule has 0 saturated carbocycles. The summed E-state index contributed by atoms with van der Waals surface area (Å²) in [6, 6.07) is 17.6. The number of Topliss-reactive ketones (excluding diaryl/α,β-unsaturated/α-hetero) is 1. The molecular weight excluding hydrogens is 376 g/mol. The minimum absolute atomic E-state index is 0.156. The first-order valence-electron chi connectivity index (χ1n) is 9.96. The number of rotatable bonds is 7. The fourth-order valence-corrected chi connectivity index (χ4v) is 3.20. The molecule has 0 aliphatic carbocycles. The number of hydrogen-bond donors (Lipinski definition) is 1. The summed E-state index contributed by atoms with van der Waals surface area (Å²) in [6.07, 6.45) is 2.49. The van der Waals surface area contributed by atoms with Gasteiger partial charge in [-0.15, -0.1) is 0 Å². The largest absolute Gasteiger partial charge is 0.457 e. The Morgan fingerprint density at radius 2 is 1.83 bits per heavy atom. The van der Waals surface area contributed by atoms with E-state index >= 15 is 0 Å². The van der Waals surface area contributed by atoms with Crippen molar-refractivity contribution in [3.05, 3.63) is 72.1 Å². The van der Waals surface area contributed by atoms with Gasteiger partial charge in [-0.25, -0.2) is 4.98 Å². The van der Waals surface area contributed by atoms with Crippen LogP contribution in [-0.4, -0.2) is 20.3 Å². The van der Waals surface area contributed by atoms with Gasteiger partial charge in [-0.1, -0.05) is 24.6 Å². The zero-order chi connectivity index (χ0) is 21.1. The second-order valence-corrected chi connectivity index (χ2v) is 7.29. The summed E-state index contributed by atoms with van der Waals surface area (Å²) < 4.78 is 8.02. The normalized spacial score (nSPS) is 10.9. The van der Waals surface area contributed by atoms with Gasteiger partial charge in [-0.3, -0.25) is 9.78 Å². The molecule has 6 nitrogen and oxygen atoms in total. The van der Waals surface area contributed by atoms with Crippen molar-refractivity contribution in [2.45, 2.75) is 26.7 Å². The third-order valence-corrected chi connectivity index (χ3v) is 4.96. The van der Waals surface area contributed by atoms with E-state index in [9.17, 15) is 4.79 Å². The Hall–Kier alpha value is -3.67. The first-order valence-corrected chi connectivity index (χ1v) is 9.96. The molecule has 0 atom stereocenters. The molecule has 0 bridgehead atoms. The quantitative estimate of drug-likeness (QED) is 0.454.